The van der Waals surface area contributed by atoms with E-state index >= 15 is 0 Å². The van der Waals surface area contributed by atoms with E-state index in [1.807, 2.05) is 7.11 Å². The molecule has 1 radical (unpaired) electrons. The van der Waals surface area contributed by atoms with E-state index in [-0.39, 0.29) is 51.0 Å². The summed E-state index contributed by atoms with van der Waals surface area (Å²) in [4.78, 5) is 0. The molecular formula is C23H25Cl2O2Si2Zr. The molecule has 0 aromatic heterocycles. The largest absolute Gasteiger partial charge is 3.00 e. The third-order valence-corrected chi connectivity index (χ3v) is 10.1. The zero-order valence-corrected chi connectivity index (χ0v) is 23.9. The maximum atomic E-state index is 6.81. The Bertz CT molecular complexity index is 1180. The summed E-state index contributed by atoms with van der Waals surface area (Å²) < 4.78 is 13.0. The first kappa shape index (κ1) is 25.7. The predicted molar refractivity (Wildman–Crippen MR) is 121 cm³/mol. The molecule has 1 heterocycles. The number of hydrogen-bond acceptors (Lipinski definition) is 2. The van der Waals surface area contributed by atoms with E-state index in [9.17, 15) is 0 Å². The van der Waals surface area contributed by atoms with Crippen molar-refractivity contribution in [2.75, 3.05) is 7.11 Å². The Morgan fingerprint density at radius 3 is 2.37 bits per heavy atom. The van der Waals surface area contributed by atoms with Gasteiger partial charge >= 0.3 is 26.2 Å². The molecule has 0 fully saturated rings. The first-order valence-electron chi connectivity index (χ1n) is 9.64. The summed E-state index contributed by atoms with van der Waals surface area (Å²) in [6.07, 6.45) is 7.64. The fourth-order valence-corrected chi connectivity index (χ4v) is 8.76. The van der Waals surface area contributed by atoms with Crippen LogP contribution < -0.4 is 39.6 Å². The summed E-state index contributed by atoms with van der Waals surface area (Å²) in [7, 11) is -1.91. The number of benzene rings is 2. The van der Waals surface area contributed by atoms with E-state index in [1.165, 1.54) is 43.1 Å². The quantitative estimate of drug-likeness (QED) is 0.304. The normalized spacial score (nSPS) is 18.9. The summed E-state index contributed by atoms with van der Waals surface area (Å²) in [6.45, 7) is 9.15. The predicted octanol–water partition coefficient (Wildman–Crippen LogP) is -1.08. The second kappa shape index (κ2) is 8.76. The van der Waals surface area contributed by atoms with E-state index in [0.717, 1.165) is 12.2 Å². The average molecular weight is 552 g/mol. The fourth-order valence-electron chi connectivity index (χ4n) is 4.57. The molecule has 30 heavy (non-hydrogen) atoms. The molecule has 1 unspecified atom stereocenters. The van der Waals surface area contributed by atoms with Crippen LogP contribution in [-0.4, -0.2) is 23.7 Å². The van der Waals surface area contributed by atoms with Gasteiger partial charge in [0.1, 0.15) is 0 Å². The molecule has 2 aliphatic rings. The molecule has 7 heteroatoms. The Kier molecular flexibility index (Phi) is 7.51. The van der Waals surface area contributed by atoms with E-state index in [0.29, 0.717) is 0 Å². The van der Waals surface area contributed by atoms with E-state index in [2.05, 4.69) is 74.7 Å². The van der Waals surface area contributed by atoms with Gasteiger partial charge in [0.15, 0.2) is 0 Å². The number of halogens is 2. The Labute approximate surface area is 212 Å². The molecule has 0 saturated heterocycles. The topological polar surface area (TPSA) is 18.5 Å². The standard InChI is InChI=1S/C23H25O2Si2.2ClH.Zr/c1-24-27(5)22-18-14-16-12-8-9-13-17(16)20(18)21(25-26(2,3)4)19(23(22)27)15-10-6-7-11-15;;;/h6-10,12-14H,11H2,1-5H3;2*1H;/q-1;;;+3/p-2. The molecule has 0 amide bonds. The number of allylic oxidation sites excluding steroid dienone is 4. The minimum Gasteiger partial charge on any atom is -1.00 e. The second-order valence-corrected chi connectivity index (χ2v) is 16.7. The van der Waals surface area contributed by atoms with Crippen LogP contribution in [0.15, 0.2) is 48.6 Å². The van der Waals surface area contributed by atoms with Crippen LogP contribution in [0, 0.1) is 0 Å². The van der Waals surface area contributed by atoms with Gasteiger partial charge in [-0.3, -0.25) is 0 Å². The maximum Gasteiger partial charge on any atom is 3.00 e. The summed E-state index contributed by atoms with van der Waals surface area (Å²) in [5.74, 6) is 1.10. The number of rotatable bonds is 4. The van der Waals surface area contributed by atoms with E-state index < -0.39 is 16.6 Å². The van der Waals surface area contributed by atoms with Crippen molar-refractivity contribution in [3.63, 3.8) is 0 Å². The van der Waals surface area contributed by atoms with Crippen molar-refractivity contribution < 1.29 is 59.9 Å². The van der Waals surface area contributed by atoms with Crippen LogP contribution in [0.3, 0.4) is 0 Å². The first-order chi connectivity index (χ1) is 12.8. The SMILES string of the molecule is CO[Si]1(C)c2c(C3=CC=CC3)c(O[Si](C)(C)C)c3c([cH-]c4ccccc43)c21.[Cl-].[Cl-].[Zr+3]. The van der Waals surface area contributed by atoms with Gasteiger partial charge in [0.2, 0.25) is 16.6 Å². The third-order valence-electron chi connectivity index (χ3n) is 5.82. The van der Waals surface area contributed by atoms with Crippen molar-refractivity contribution in [2.24, 2.45) is 0 Å². The van der Waals surface area contributed by atoms with Crippen molar-refractivity contribution in [2.45, 2.75) is 32.6 Å². The third kappa shape index (κ3) is 3.76. The second-order valence-electron chi connectivity index (χ2n) is 8.75. The molecule has 3 aromatic rings. The summed E-state index contributed by atoms with van der Waals surface area (Å²) in [5.41, 5.74) is 2.71. The molecule has 0 saturated carbocycles. The molecule has 0 N–H and O–H groups in total. The summed E-state index contributed by atoms with van der Waals surface area (Å²) >= 11 is 0. The van der Waals surface area contributed by atoms with Crippen LogP contribution >= 0.6 is 0 Å². The van der Waals surface area contributed by atoms with Crippen molar-refractivity contribution in [3.8, 4) is 5.75 Å². The van der Waals surface area contributed by atoms with Gasteiger partial charge in [0.05, 0.1) is 5.75 Å². The molecule has 1 aliphatic heterocycles. The minimum absolute atomic E-state index is 0. The smallest absolute Gasteiger partial charge is 1.00 e. The zero-order valence-electron chi connectivity index (χ0n) is 17.9. The van der Waals surface area contributed by atoms with Gasteiger partial charge < -0.3 is 33.7 Å². The average Bonchev–Trinajstić information content (AvgIpc) is 3.01. The zero-order chi connectivity index (χ0) is 19.0. The molecule has 2 nitrogen and oxygen atoms in total. The minimum atomic E-state index is -2.00. The van der Waals surface area contributed by atoms with Gasteiger partial charge in [-0.25, -0.2) is 0 Å². The van der Waals surface area contributed by atoms with Crippen molar-refractivity contribution in [1.29, 1.82) is 0 Å². The van der Waals surface area contributed by atoms with Crippen LogP contribution in [0.4, 0.5) is 0 Å². The van der Waals surface area contributed by atoms with E-state index in [4.69, 9.17) is 8.85 Å². The molecular weight excluding hydrogens is 527 g/mol. The number of hydrogen-bond donors (Lipinski definition) is 0. The molecule has 1 atom stereocenters. The number of fused-ring (bicyclic) bond motifs is 5. The van der Waals surface area contributed by atoms with Gasteiger partial charge in [0.25, 0.3) is 0 Å². The molecule has 155 valence electrons. The van der Waals surface area contributed by atoms with E-state index in [1.54, 1.807) is 0 Å². The Morgan fingerprint density at radius 1 is 1.07 bits per heavy atom. The summed E-state index contributed by atoms with van der Waals surface area (Å²) in [5, 5.41) is 8.17. The summed E-state index contributed by atoms with van der Waals surface area (Å²) in [6, 6.07) is 11.1. The molecule has 1 aliphatic carbocycles. The van der Waals surface area contributed by atoms with Crippen LogP contribution in [0.2, 0.25) is 26.2 Å². The van der Waals surface area contributed by atoms with Gasteiger partial charge in [-0.15, -0.1) is 28.3 Å². The Balaban J connectivity index is 0.00000107. The van der Waals surface area contributed by atoms with Gasteiger partial charge in [-0.05, 0) is 38.2 Å². The molecule has 5 rings (SSSR count). The van der Waals surface area contributed by atoms with Crippen LogP contribution in [0.25, 0.3) is 27.1 Å². The van der Waals surface area contributed by atoms with Gasteiger partial charge in [-0.1, -0.05) is 52.2 Å². The Hall–Kier alpha value is -0.553. The maximum absolute atomic E-state index is 6.81. The van der Waals surface area contributed by atoms with Gasteiger partial charge in [-0.2, -0.15) is 0 Å². The van der Waals surface area contributed by atoms with Crippen LogP contribution in [0.5, 0.6) is 5.75 Å². The monoisotopic (exact) mass is 549 g/mol. The molecule has 3 aromatic carbocycles. The van der Waals surface area contributed by atoms with Crippen molar-refractivity contribution >= 4 is 54.1 Å². The first-order valence-corrected chi connectivity index (χ1v) is 15.5. The van der Waals surface area contributed by atoms with Crippen LogP contribution in [-0.2, 0) is 30.6 Å². The molecule has 0 bridgehead atoms. The fraction of sp³-hybridized carbons (Fsp3) is 0.261. The van der Waals surface area contributed by atoms with Crippen molar-refractivity contribution in [3.05, 3.63) is 54.1 Å². The molecule has 0 spiro atoms. The van der Waals surface area contributed by atoms with Gasteiger partial charge in [0, 0.05) is 12.7 Å². The van der Waals surface area contributed by atoms with Crippen LogP contribution in [0.1, 0.15) is 12.0 Å². The Morgan fingerprint density at radius 2 is 1.77 bits per heavy atom. The van der Waals surface area contributed by atoms with Crippen molar-refractivity contribution in [1.82, 2.24) is 0 Å².